The summed E-state index contributed by atoms with van der Waals surface area (Å²) in [6.07, 6.45) is 2.60. The van der Waals surface area contributed by atoms with Crippen LogP contribution in [0.25, 0.3) is 10.9 Å². The minimum atomic E-state index is -1.43. The highest BCUT2D eigenvalue weighted by Gasteiger charge is 2.42. The lowest BCUT2D eigenvalue weighted by molar-refractivity contribution is 0.0694. The summed E-state index contributed by atoms with van der Waals surface area (Å²) in [6, 6.07) is 0.796. The summed E-state index contributed by atoms with van der Waals surface area (Å²) in [7, 11) is 1.39. The number of rotatable bonds is 5. The van der Waals surface area contributed by atoms with Gasteiger partial charge in [0.2, 0.25) is 5.43 Å². The van der Waals surface area contributed by atoms with Crippen LogP contribution < -0.4 is 16.1 Å². The predicted octanol–water partition coefficient (Wildman–Crippen LogP) is 2.10. The number of anilines is 1. The van der Waals surface area contributed by atoms with Crippen molar-refractivity contribution >= 4 is 28.3 Å². The second-order valence-electron chi connectivity index (χ2n) is 8.07. The second kappa shape index (κ2) is 7.05. The average Bonchev–Trinajstić information content (AvgIpc) is 3.48. The standard InChI is InChI=1S/C20H22F2N4O4/c1-20(8-23)9-25(7-14(20)24-30-2)17-13(21)5-11-16(15(17)22)26(10-3-4-10)6-12(18(11)27)19(28)29/h5-6,10H,3-4,7-9,23H2,1-2H3,(H,28,29). The molecule has 2 fully saturated rings. The zero-order valence-corrected chi connectivity index (χ0v) is 16.6. The molecule has 1 saturated heterocycles. The molecular formula is C20H22F2N4O4. The summed E-state index contributed by atoms with van der Waals surface area (Å²) in [4.78, 5) is 30.4. The lowest BCUT2D eigenvalue weighted by atomic mass is 9.88. The van der Waals surface area contributed by atoms with Gasteiger partial charge in [-0.05, 0) is 18.9 Å². The van der Waals surface area contributed by atoms with Gasteiger partial charge in [0.15, 0.2) is 5.82 Å². The van der Waals surface area contributed by atoms with E-state index in [1.165, 1.54) is 16.6 Å². The van der Waals surface area contributed by atoms with E-state index in [0.717, 1.165) is 25.1 Å². The van der Waals surface area contributed by atoms with Crippen LogP contribution in [0.3, 0.4) is 0 Å². The van der Waals surface area contributed by atoms with Gasteiger partial charge in [-0.1, -0.05) is 12.1 Å². The molecule has 3 N–H and O–H groups in total. The van der Waals surface area contributed by atoms with E-state index in [1.807, 2.05) is 6.92 Å². The SMILES string of the molecule is CON=C1CN(c2c(F)cc3c(=O)c(C(=O)O)cn(C4CC4)c3c2F)CC1(C)CN. The van der Waals surface area contributed by atoms with Crippen LogP contribution in [0.5, 0.6) is 0 Å². The van der Waals surface area contributed by atoms with Crippen molar-refractivity contribution in [3.8, 4) is 0 Å². The Bertz CT molecular complexity index is 1140. The number of nitrogens with zero attached hydrogens (tertiary/aromatic N) is 3. The Kier molecular flexibility index (Phi) is 4.76. The number of fused-ring (bicyclic) bond motifs is 1. The molecule has 1 aliphatic carbocycles. The zero-order valence-electron chi connectivity index (χ0n) is 16.6. The van der Waals surface area contributed by atoms with Crippen molar-refractivity contribution in [3.63, 3.8) is 0 Å². The Morgan fingerprint density at radius 3 is 2.70 bits per heavy atom. The first-order valence-corrected chi connectivity index (χ1v) is 9.57. The molecule has 1 aromatic carbocycles. The van der Waals surface area contributed by atoms with Crippen molar-refractivity contribution in [1.29, 1.82) is 0 Å². The molecular weight excluding hydrogens is 398 g/mol. The van der Waals surface area contributed by atoms with Crippen LogP contribution in [0, 0.1) is 17.0 Å². The minimum absolute atomic E-state index is 0.0875. The Morgan fingerprint density at radius 1 is 1.43 bits per heavy atom. The first kappa shape index (κ1) is 20.3. The van der Waals surface area contributed by atoms with Crippen molar-refractivity contribution in [2.45, 2.75) is 25.8 Å². The quantitative estimate of drug-likeness (QED) is 0.717. The molecule has 2 aromatic rings. The van der Waals surface area contributed by atoms with Crippen molar-refractivity contribution in [2.75, 3.05) is 31.6 Å². The summed E-state index contributed by atoms with van der Waals surface area (Å²) < 4.78 is 32.2. The molecule has 2 aliphatic rings. The van der Waals surface area contributed by atoms with Crippen molar-refractivity contribution in [3.05, 3.63) is 39.7 Å². The number of hydrogen-bond donors (Lipinski definition) is 2. The highest BCUT2D eigenvalue weighted by molar-refractivity contribution is 5.98. The Balaban J connectivity index is 1.94. The first-order valence-electron chi connectivity index (χ1n) is 9.57. The lowest BCUT2D eigenvalue weighted by Gasteiger charge is -2.25. The maximum absolute atomic E-state index is 15.7. The third kappa shape index (κ3) is 3.02. The molecule has 2 heterocycles. The number of benzene rings is 1. The van der Waals surface area contributed by atoms with E-state index in [9.17, 15) is 14.7 Å². The van der Waals surface area contributed by atoms with Crippen LogP contribution in [0.1, 0.15) is 36.2 Å². The highest BCUT2D eigenvalue weighted by Crippen LogP contribution is 2.41. The number of nitrogens with two attached hydrogens (primary N) is 1. The Labute approximate surface area is 170 Å². The Hall–Kier alpha value is -3.01. The normalized spacial score (nSPS) is 22.8. The molecule has 160 valence electrons. The number of oxime groups is 1. The van der Waals surface area contributed by atoms with Crippen LogP contribution in [-0.2, 0) is 4.84 Å². The largest absolute Gasteiger partial charge is 0.477 e. The molecule has 8 nitrogen and oxygen atoms in total. The number of pyridine rings is 1. The fourth-order valence-corrected chi connectivity index (χ4v) is 4.04. The molecule has 1 unspecified atom stereocenters. The van der Waals surface area contributed by atoms with Crippen LogP contribution in [0.15, 0.2) is 22.2 Å². The number of carboxylic acids is 1. The van der Waals surface area contributed by atoms with E-state index in [-0.39, 0.29) is 42.3 Å². The zero-order chi connectivity index (χ0) is 21.8. The Morgan fingerprint density at radius 2 is 2.13 bits per heavy atom. The van der Waals surface area contributed by atoms with Gasteiger partial charge in [-0.2, -0.15) is 0 Å². The van der Waals surface area contributed by atoms with E-state index in [1.54, 1.807) is 0 Å². The maximum atomic E-state index is 15.7. The van der Waals surface area contributed by atoms with E-state index in [4.69, 9.17) is 10.6 Å². The monoisotopic (exact) mass is 420 g/mol. The third-order valence-electron chi connectivity index (χ3n) is 5.90. The molecule has 1 atom stereocenters. The molecule has 30 heavy (non-hydrogen) atoms. The smallest absolute Gasteiger partial charge is 0.341 e. The van der Waals surface area contributed by atoms with Gasteiger partial charge in [0.05, 0.1) is 23.2 Å². The van der Waals surface area contributed by atoms with Gasteiger partial charge < -0.3 is 25.1 Å². The highest BCUT2D eigenvalue weighted by atomic mass is 19.1. The van der Waals surface area contributed by atoms with E-state index >= 15 is 8.78 Å². The lowest BCUT2D eigenvalue weighted by Crippen LogP contribution is -2.36. The fourth-order valence-electron chi connectivity index (χ4n) is 4.04. The van der Waals surface area contributed by atoms with Crippen molar-refractivity contribution in [2.24, 2.45) is 16.3 Å². The molecule has 4 rings (SSSR count). The maximum Gasteiger partial charge on any atom is 0.341 e. The molecule has 0 radical (unpaired) electrons. The number of carboxylic acid groups (broad SMARTS) is 1. The molecule has 0 bridgehead atoms. The number of hydrogen-bond acceptors (Lipinski definition) is 6. The summed E-state index contributed by atoms with van der Waals surface area (Å²) >= 11 is 0. The van der Waals surface area contributed by atoms with Crippen LogP contribution in [0.4, 0.5) is 14.5 Å². The molecule has 0 spiro atoms. The number of aromatic carboxylic acids is 1. The van der Waals surface area contributed by atoms with Gasteiger partial charge in [0.1, 0.15) is 24.2 Å². The van der Waals surface area contributed by atoms with Crippen molar-refractivity contribution < 1.29 is 23.5 Å². The number of aromatic nitrogens is 1. The predicted molar refractivity (Wildman–Crippen MR) is 107 cm³/mol. The first-order chi connectivity index (χ1) is 14.2. The summed E-state index contributed by atoms with van der Waals surface area (Å²) in [5.41, 5.74) is 4.02. The van der Waals surface area contributed by atoms with Crippen LogP contribution in [-0.4, -0.2) is 48.1 Å². The minimum Gasteiger partial charge on any atom is -0.477 e. The van der Waals surface area contributed by atoms with E-state index < -0.39 is 34.0 Å². The van der Waals surface area contributed by atoms with Crippen molar-refractivity contribution in [1.82, 2.24) is 4.57 Å². The molecule has 10 heteroatoms. The van der Waals surface area contributed by atoms with Crippen LogP contribution in [0.2, 0.25) is 0 Å². The molecule has 1 saturated carbocycles. The van der Waals surface area contributed by atoms with E-state index in [0.29, 0.717) is 5.71 Å². The van der Waals surface area contributed by atoms with Gasteiger partial charge in [-0.3, -0.25) is 4.79 Å². The van der Waals surface area contributed by atoms with Gasteiger partial charge in [-0.25, -0.2) is 13.6 Å². The summed E-state index contributed by atoms with van der Waals surface area (Å²) in [6.45, 7) is 2.37. The van der Waals surface area contributed by atoms with Crippen LogP contribution >= 0.6 is 0 Å². The van der Waals surface area contributed by atoms with Gasteiger partial charge in [0.25, 0.3) is 0 Å². The van der Waals surface area contributed by atoms with Gasteiger partial charge >= 0.3 is 5.97 Å². The van der Waals surface area contributed by atoms with E-state index in [2.05, 4.69) is 5.16 Å². The second-order valence-corrected chi connectivity index (χ2v) is 8.07. The number of carbonyl (C=O) groups is 1. The average molecular weight is 420 g/mol. The molecule has 0 amide bonds. The summed E-state index contributed by atoms with van der Waals surface area (Å²) in [5, 5.41) is 13.0. The fraction of sp³-hybridized carbons (Fsp3) is 0.450. The molecule has 1 aliphatic heterocycles. The molecule has 1 aromatic heterocycles. The third-order valence-corrected chi connectivity index (χ3v) is 5.90. The van der Waals surface area contributed by atoms with Gasteiger partial charge in [0, 0.05) is 30.7 Å². The topological polar surface area (TPSA) is 110 Å². The number of halogens is 2. The van der Waals surface area contributed by atoms with Gasteiger partial charge in [-0.15, -0.1) is 0 Å². The summed E-state index contributed by atoms with van der Waals surface area (Å²) in [5.74, 6) is -3.27.